The van der Waals surface area contributed by atoms with Gasteiger partial charge < -0.3 is 9.73 Å². The minimum absolute atomic E-state index is 0.568. The van der Waals surface area contributed by atoms with Crippen LogP contribution in [-0.2, 0) is 6.54 Å². The van der Waals surface area contributed by atoms with Gasteiger partial charge in [-0.15, -0.1) is 0 Å². The molecule has 1 fully saturated rings. The van der Waals surface area contributed by atoms with Crippen molar-refractivity contribution in [3.05, 3.63) is 24.2 Å². The summed E-state index contributed by atoms with van der Waals surface area (Å²) in [5, 5.41) is 3.69. The lowest BCUT2D eigenvalue weighted by atomic mass is 10.1. The molecule has 1 aliphatic carbocycles. The van der Waals surface area contributed by atoms with Crippen LogP contribution in [-0.4, -0.2) is 29.6 Å². The molecule has 1 aromatic heterocycles. The maximum absolute atomic E-state index is 5.50. The van der Waals surface area contributed by atoms with Crippen LogP contribution < -0.4 is 5.32 Å². The lowest BCUT2D eigenvalue weighted by molar-refractivity contribution is 0.168. The van der Waals surface area contributed by atoms with E-state index in [4.69, 9.17) is 4.42 Å². The summed E-state index contributed by atoms with van der Waals surface area (Å²) in [6.07, 6.45) is 6.88. The van der Waals surface area contributed by atoms with E-state index in [-0.39, 0.29) is 0 Å². The lowest BCUT2D eigenvalue weighted by Gasteiger charge is -2.30. The fourth-order valence-electron chi connectivity index (χ4n) is 2.67. The molecule has 1 heterocycles. The summed E-state index contributed by atoms with van der Waals surface area (Å²) in [5.74, 6) is 1.08. The monoisotopic (exact) mass is 264 g/mol. The molecule has 0 saturated heterocycles. The highest BCUT2D eigenvalue weighted by atomic mass is 16.3. The lowest BCUT2D eigenvalue weighted by Crippen LogP contribution is -2.43. The molecule has 1 aliphatic rings. The molecule has 0 radical (unpaired) electrons. The van der Waals surface area contributed by atoms with Crippen LogP contribution in [0, 0.1) is 0 Å². The molecule has 1 atom stereocenters. The predicted octanol–water partition coefficient (Wildman–Crippen LogP) is 3.41. The topological polar surface area (TPSA) is 28.4 Å². The van der Waals surface area contributed by atoms with Gasteiger partial charge in [0.25, 0.3) is 0 Å². The van der Waals surface area contributed by atoms with Gasteiger partial charge in [0.15, 0.2) is 0 Å². The molecule has 1 aromatic rings. The second-order valence-electron chi connectivity index (χ2n) is 5.75. The van der Waals surface area contributed by atoms with Gasteiger partial charge in [-0.2, -0.15) is 0 Å². The standard InChI is InChI=1S/C16H28N2O/c1-4-14(5-2)17-11-13(3)18(15-8-9-15)12-16-7-6-10-19-16/h6-7,10,13-15,17H,4-5,8-9,11-12H2,1-3H3. The molecule has 0 aliphatic heterocycles. The number of furan rings is 1. The Morgan fingerprint density at radius 1 is 1.37 bits per heavy atom. The van der Waals surface area contributed by atoms with Crippen LogP contribution in [0.2, 0.25) is 0 Å². The molecule has 108 valence electrons. The first kappa shape index (κ1) is 14.6. The number of hydrogen-bond donors (Lipinski definition) is 1. The smallest absolute Gasteiger partial charge is 0.117 e. The zero-order valence-corrected chi connectivity index (χ0v) is 12.6. The number of hydrogen-bond acceptors (Lipinski definition) is 3. The van der Waals surface area contributed by atoms with E-state index in [0.29, 0.717) is 12.1 Å². The number of rotatable bonds is 9. The molecule has 2 rings (SSSR count). The predicted molar refractivity (Wildman–Crippen MR) is 79.1 cm³/mol. The first-order valence-electron chi connectivity index (χ1n) is 7.76. The van der Waals surface area contributed by atoms with Gasteiger partial charge in [-0.3, -0.25) is 4.90 Å². The Morgan fingerprint density at radius 2 is 2.11 bits per heavy atom. The van der Waals surface area contributed by atoms with Gasteiger partial charge in [-0.05, 0) is 44.7 Å². The van der Waals surface area contributed by atoms with Crippen molar-refractivity contribution >= 4 is 0 Å². The van der Waals surface area contributed by atoms with Crippen LogP contribution in [0.3, 0.4) is 0 Å². The molecule has 1 unspecified atom stereocenters. The van der Waals surface area contributed by atoms with Crippen molar-refractivity contribution < 1.29 is 4.42 Å². The average molecular weight is 264 g/mol. The third-order valence-electron chi connectivity index (χ3n) is 4.19. The van der Waals surface area contributed by atoms with Gasteiger partial charge in [-0.1, -0.05) is 13.8 Å². The van der Waals surface area contributed by atoms with Crippen molar-refractivity contribution in [3.63, 3.8) is 0 Å². The van der Waals surface area contributed by atoms with Crippen molar-refractivity contribution in [2.75, 3.05) is 6.54 Å². The van der Waals surface area contributed by atoms with Crippen LogP contribution in [0.15, 0.2) is 22.8 Å². The fraction of sp³-hybridized carbons (Fsp3) is 0.750. The summed E-state index contributed by atoms with van der Waals surface area (Å²) in [6.45, 7) is 8.87. The van der Waals surface area contributed by atoms with Gasteiger partial charge in [0.2, 0.25) is 0 Å². The van der Waals surface area contributed by atoms with Crippen LogP contribution in [0.25, 0.3) is 0 Å². The van der Waals surface area contributed by atoms with Crippen molar-refractivity contribution in [1.82, 2.24) is 10.2 Å². The molecular weight excluding hydrogens is 236 g/mol. The Hall–Kier alpha value is -0.800. The highest BCUT2D eigenvalue weighted by Crippen LogP contribution is 2.30. The summed E-state index contributed by atoms with van der Waals surface area (Å²) >= 11 is 0. The molecule has 0 aromatic carbocycles. The summed E-state index contributed by atoms with van der Waals surface area (Å²) in [6, 6.07) is 6.05. The first-order valence-corrected chi connectivity index (χ1v) is 7.76. The molecule has 1 saturated carbocycles. The third-order valence-corrected chi connectivity index (χ3v) is 4.19. The number of nitrogens with one attached hydrogen (secondary N) is 1. The van der Waals surface area contributed by atoms with Crippen LogP contribution >= 0.6 is 0 Å². The summed E-state index contributed by atoms with van der Waals surface area (Å²) in [5.41, 5.74) is 0. The second kappa shape index (κ2) is 7.11. The Morgan fingerprint density at radius 3 is 2.63 bits per heavy atom. The van der Waals surface area contributed by atoms with Crippen LogP contribution in [0.1, 0.15) is 52.2 Å². The molecule has 0 bridgehead atoms. The van der Waals surface area contributed by atoms with Gasteiger partial charge in [-0.25, -0.2) is 0 Å². The minimum Gasteiger partial charge on any atom is -0.468 e. The first-order chi connectivity index (χ1) is 9.24. The van der Waals surface area contributed by atoms with Gasteiger partial charge in [0, 0.05) is 24.7 Å². The van der Waals surface area contributed by atoms with E-state index in [9.17, 15) is 0 Å². The molecule has 19 heavy (non-hydrogen) atoms. The zero-order valence-electron chi connectivity index (χ0n) is 12.6. The van der Waals surface area contributed by atoms with E-state index in [1.54, 1.807) is 6.26 Å². The van der Waals surface area contributed by atoms with E-state index in [0.717, 1.165) is 24.9 Å². The number of nitrogens with zero attached hydrogens (tertiary/aromatic N) is 1. The summed E-state index contributed by atoms with van der Waals surface area (Å²) in [7, 11) is 0. The molecule has 1 N–H and O–H groups in total. The highest BCUT2D eigenvalue weighted by molar-refractivity contribution is 5.00. The molecule has 3 heteroatoms. The zero-order chi connectivity index (χ0) is 13.7. The minimum atomic E-state index is 0.568. The average Bonchev–Trinajstić information content (AvgIpc) is 3.13. The van der Waals surface area contributed by atoms with Crippen LogP contribution in [0.5, 0.6) is 0 Å². The van der Waals surface area contributed by atoms with Gasteiger partial charge in [0.05, 0.1) is 12.8 Å². The normalized spacial score (nSPS) is 17.3. The highest BCUT2D eigenvalue weighted by Gasteiger charge is 2.32. The van der Waals surface area contributed by atoms with Crippen molar-refractivity contribution in [3.8, 4) is 0 Å². The van der Waals surface area contributed by atoms with E-state index in [1.807, 2.05) is 6.07 Å². The SMILES string of the molecule is CCC(CC)NCC(C)N(Cc1ccco1)C1CC1. The maximum atomic E-state index is 5.50. The van der Waals surface area contributed by atoms with E-state index < -0.39 is 0 Å². The molecular formula is C16H28N2O. The summed E-state index contributed by atoms with van der Waals surface area (Å²) in [4.78, 5) is 2.59. The maximum Gasteiger partial charge on any atom is 0.117 e. The second-order valence-corrected chi connectivity index (χ2v) is 5.75. The van der Waals surface area contributed by atoms with Crippen molar-refractivity contribution in [2.24, 2.45) is 0 Å². The fourth-order valence-corrected chi connectivity index (χ4v) is 2.67. The molecule has 0 spiro atoms. The van der Waals surface area contributed by atoms with E-state index in [1.165, 1.54) is 25.7 Å². The Bertz CT molecular complexity index is 342. The Kier molecular flexibility index (Phi) is 5.46. The van der Waals surface area contributed by atoms with E-state index >= 15 is 0 Å². The third kappa shape index (κ3) is 4.36. The largest absolute Gasteiger partial charge is 0.468 e. The van der Waals surface area contributed by atoms with Crippen molar-refractivity contribution in [1.29, 1.82) is 0 Å². The van der Waals surface area contributed by atoms with E-state index in [2.05, 4.69) is 37.1 Å². The Balaban J connectivity index is 1.84. The van der Waals surface area contributed by atoms with Crippen LogP contribution in [0.4, 0.5) is 0 Å². The van der Waals surface area contributed by atoms with Gasteiger partial charge in [0.1, 0.15) is 5.76 Å². The quantitative estimate of drug-likeness (QED) is 0.741. The summed E-state index contributed by atoms with van der Waals surface area (Å²) < 4.78 is 5.50. The van der Waals surface area contributed by atoms with Crippen molar-refractivity contribution in [2.45, 2.75) is 71.1 Å². The molecule has 3 nitrogen and oxygen atoms in total. The molecule has 0 amide bonds. The Labute approximate surface area is 117 Å². The van der Waals surface area contributed by atoms with Gasteiger partial charge >= 0.3 is 0 Å².